The highest BCUT2D eigenvalue weighted by Gasteiger charge is 2.03. The van der Waals surface area contributed by atoms with Crippen LogP contribution in [-0.2, 0) is 4.79 Å². The molecule has 2 heteroatoms. The van der Waals surface area contributed by atoms with Crippen LogP contribution in [0.2, 0.25) is 4.78 Å². The minimum absolute atomic E-state index is 0.370. The van der Waals surface area contributed by atoms with Crippen molar-refractivity contribution in [3.05, 3.63) is 0 Å². The van der Waals surface area contributed by atoms with E-state index in [1.807, 2.05) is 13.8 Å². The molecule has 0 heterocycles. The molecule has 0 bridgehead atoms. The Bertz CT molecular complexity index is 78.6. The van der Waals surface area contributed by atoms with E-state index in [-0.39, 0.29) is 0 Å². The summed E-state index contributed by atoms with van der Waals surface area (Å²) in [6.07, 6.45) is 1.79. The van der Waals surface area contributed by atoms with Crippen LogP contribution in [0.3, 0.4) is 0 Å². The molecule has 8 heavy (non-hydrogen) atoms. The summed E-state index contributed by atoms with van der Waals surface area (Å²) in [6.45, 7) is 4.05. The summed E-state index contributed by atoms with van der Waals surface area (Å²) in [6, 6.07) is 0. The lowest BCUT2D eigenvalue weighted by molar-refractivity contribution is -0.118. The number of carbonyl (C=O) groups excluding carboxylic acids is 1. The molecule has 0 aliphatic heterocycles. The highest BCUT2D eigenvalue weighted by molar-refractivity contribution is 6.23. The van der Waals surface area contributed by atoms with E-state index in [1.165, 1.54) is 0 Å². The Labute approximate surface area is 58.9 Å². The van der Waals surface area contributed by atoms with Gasteiger partial charge in [-0.3, -0.25) is 0 Å². The first-order valence-electron chi connectivity index (χ1n) is 3.21. The van der Waals surface area contributed by atoms with Gasteiger partial charge in [0.25, 0.3) is 0 Å². The molecule has 0 radical (unpaired) electrons. The highest BCUT2D eigenvalue weighted by Crippen LogP contribution is 2.02. The summed E-state index contributed by atoms with van der Waals surface area (Å²) in [5, 5.41) is 0. The minimum atomic E-state index is 0.370. The summed E-state index contributed by atoms with van der Waals surface area (Å²) < 4.78 is 0.370. The molecule has 0 aromatic rings. The van der Waals surface area contributed by atoms with Crippen molar-refractivity contribution >= 4 is 22.1 Å². The largest absolute Gasteiger partial charge is 0.301 e. The van der Waals surface area contributed by atoms with Gasteiger partial charge in [0.05, 0.1) is 0 Å². The van der Waals surface area contributed by atoms with Crippen LogP contribution in [0.15, 0.2) is 0 Å². The molecular formula is C6H13AlO. The second-order valence-corrected chi connectivity index (χ2v) is 4.10. The number of rotatable bonds is 3. The second kappa shape index (κ2) is 4.12. The van der Waals surface area contributed by atoms with E-state index >= 15 is 0 Å². The molecule has 0 fully saturated rings. The average Bonchev–Trinajstić information content (AvgIpc) is 1.67. The SMILES string of the molecule is CCCC(=O)[CH](C)[AlH2]. The predicted octanol–water partition coefficient (Wildman–Crippen LogP) is 0.797. The predicted molar refractivity (Wildman–Crippen MR) is 37.9 cm³/mol. The van der Waals surface area contributed by atoms with E-state index in [4.69, 9.17) is 0 Å². The molecule has 0 aromatic carbocycles. The molecule has 0 saturated heterocycles. The number of ketones is 1. The maximum absolute atomic E-state index is 10.8. The molecule has 0 aromatic heterocycles. The zero-order valence-corrected chi connectivity index (χ0v) is 7.90. The maximum Gasteiger partial charge on any atom is 0.227 e. The topological polar surface area (TPSA) is 17.1 Å². The third kappa shape index (κ3) is 3.24. The van der Waals surface area contributed by atoms with Crippen molar-refractivity contribution < 1.29 is 4.79 Å². The summed E-state index contributed by atoms with van der Waals surface area (Å²) in [5.74, 6) is 0.444. The smallest absolute Gasteiger partial charge is 0.227 e. The average molecular weight is 128 g/mol. The fraction of sp³-hybridized carbons (Fsp3) is 0.833. The Hall–Kier alpha value is 0.202. The van der Waals surface area contributed by atoms with Crippen LogP contribution >= 0.6 is 0 Å². The van der Waals surface area contributed by atoms with E-state index in [1.54, 1.807) is 0 Å². The quantitative estimate of drug-likeness (QED) is 0.514. The lowest BCUT2D eigenvalue weighted by atomic mass is 10.2. The van der Waals surface area contributed by atoms with Crippen molar-refractivity contribution in [3.63, 3.8) is 0 Å². The van der Waals surface area contributed by atoms with Crippen LogP contribution < -0.4 is 0 Å². The zero-order valence-electron chi connectivity index (χ0n) is 5.90. The molecule has 0 N–H and O–H groups in total. The van der Waals surface area contributed by atoms with E-state index < -0.39 is 0 Å². The first-order valence-corrected chi connectivity index (χ1v) is 4.36. The summed E-state index contributed by atoms with van der Waals surface area (Å²) in [4.78, 5) is 10.8. The van der Waals surface area contributed by atoms with E-state index in [9.17, 15) is 4.79 Å². The molecule has 0 rings (SSSR count). The molecule has 1 nitrogen and oxygen atoms in total. The lowest BCUT2D eigenvalue weighted by Gasteiger charge is -1.98. The standard InChI is InChI=1S/C6H11O.Al.2H/c1-3-5-6(7)4-2;;;/h4H,3,5H2,1-2H3;;;. The number of hydrogen-bond acceptors (Lipinski definition) is 1. The van der Waals surface area contributed by atoms with Gasteiger partial charge in [-0.05, 0) is 11.2 Å². The van der Waals surface area contributed by atoms with Crippen molar-refractivity contribution in [1.29, 1.82) is 0 Å². The van der Waals surface area contributed by atoms with Crippen LogP contribution in [0.25, 0.3) is 0 Å². The van der Waals surface area contributed by atoms with Gasteiger partial charge >= 0.3 is 0 Å². The van der Waals surface area contributed by atoms with Gasteiger partial charge < -0.3 is 4.79 Å². The monoisotopic (exact) mass is 128 g/mol. The van der Waals surface area contributed by atoms with Crippen LogP contribution in [0, 0.1) is 0 Å². The van der Waals surface area contributed by atoms with Gasteiger partial charge in [0, 0.05) is 6.42 Å². The Kier molecular flexibility index (Phi) is 4.22. The molecule has 1 unspecified atom stereocenters. The molecule has 46 valence electrons. The van der Waals surface area contributed by atoms with Crippen molar-refractivity contribution in [2.75, 3.05) is 0 Å². The Morgan fingerprint density at radius 2 is 2.25 bits per heavy atom. The van der Waals surface area contributed by atoms with Crippen LogP contribution in [0.4, 0.5) is 0 Å². The first kappa shape index (κ1) is 8.20. The minimum Gasteiger partial charge on any atom is -0.301 e. The van der Waals surface area contributed by atoms with Gasteiger partial charge in [-0.25, -0.2) is 0 Å². The van der Waals surface area contributed by atoms with Gasteiger partial charge in [0.1, 0.15) is 5.78 Å². The molecule has 0 saturated carbocycles. The number of carbonyl (C=O) groups is 1. The van der Waals surface area contributed by atoms with Gasteiger partial charge in [-0.1, -0.05) is 13.8 Å². The van der Waals surface area contributed by atoms with E-state index in [0.29, 0.717) is 10.6 Å². The summed E-state index contributed by atoms with van der Waals surface area (Å²) in [5.41, 5.74) is 0. The summed E-state index contributed by atoms with van der Waals surface area (Å²) in [7, 11) is 0. The first-order chi connectivity index (χ1) is 3.68. The van der Waals surface area contributed by atoms with Gasteiger partial charge in [-0.15, -0.1) is 0 Å². The van der Waals surface area contributed by atoms with Gasteiger partial charge in [0.2, 0.25) is 16.3 Å². The number of Topliss-reactive ketones (excluding diaryl/α,β-unsaturated/α-hetero) is 1. The van der Waals surface area contributed by atoms with Crippen molar-refractivity contribution in [2.45, 2.75) is 31.5 Å². The van der Waals surface area contributed by atoms with E-state index in [0.717, 1.165) is 29.1 Å². The maximum atomic E-state index is 10.8. The van der Waals surface area contributed by atoms with E-state index in [2.05, 4.69) is 0 Å². The molecule has 0 spiro atoms. The van der Waals surface area contributed by atoms with Crippen molar-refractivity contribution in [2.24, 2.45) is 0 Å². The Balaban J connectivity index is 3.33. The van der Waals surface area contributed by atoms with Crippen LogP contribution in [0.5, 0.6) is 0 Å². The molecule has 0 aliphatic carbocycles. The Morgan fingerprint density at radius 3 is 2.38 bits per heavy atom. The Morgan fingerprint density at radius 1 is 1.75 bits per heavy atom. The van der Waals surface area contributed by atoms with Crippen molar-refractivity contribution in [1.82, 2.24) is 0 Å². The lowest BCUT2D eigenvalue weighted by Crippen LogP contribution is -2.03. The fourth-order valence-electron chi connectivity index (χ4n) is 0.535. The van der Waals surface area contributed by atoms with Crippen LogP contribution in [0.1, 0.15) is 26.7 Å². The highest BCUT2D eigenvalue weighted by atomic mass is 27.0. The van der Waals surface area contributed by atoms with Crippen molar-refractivity contribution in [3.8, 4) is 0 Å². The number of hydrogen-bond donors (Lipinski definition) is 0. The third-order valence-corrected chi connectivity index (χ3v) is 1.78. The second-order valence-electron chi connectivity index (χ2n) is 2.37. The van der Waals surface area contributed by atoms with Crippen LogP contribution in [-0.4, -0.2) is 22.1 Å². The van der Waals surface area contributed by atoms with Gasteiger partial charge in [0.15, 0.2) is 0 Å². The molecule has 0 amide bonds. The van der Waals surface area contributed by atoms with Gasteiger partial charge in [-0.2, -0.15) is 0 Å². The molecule has 1 atom stereocenters. The fourth-order valence-corrected chi connectivity index (χ4v) is 0.824. The molecular weight excluding hydrogens is 115 g/mol. The zero-order chi connectivity index (χ0) is 6.57. The molecule has 0 aliphatic rings. The normalized spacial score (nSPS) is 13.2. The third-order valence-electron chi connectivity index (χ3n) is 1.14. The summed E-state index contributed by atoms with van der Waals surface area (Å²) >= 11 is 1.02.